The summed E-state index contributed by atoms with van der Waals surface area (Å²) in [5, 5.41) is 0. The molecule has 0 unspecified atom stereocenters. The second-order valence-corrected chi connectivity index (χ2v) is 0.605. The van der Waals surface area contributed by atoms with Crippen LogP contribution in [0.2, 0.25) is 0 Å². The molecule has 0 atom stereocenters. The minimum absolute atomic E-state index is 0.319. The maximum Gasteiger partial charge on any atom is 0.0841 e. The second-order valence-electron chi connectivity index (χ2n) is 0.338. The summed E-state index contributed by atoms with van der Waals surface area (Å²) in [5.74, 6) is 4.65. The molecule has 0 amide bonds. The maximum absolute atomic E-state index is 4.95. The lowest BCUT2D eigenvalue weighted by molar-refractivity contribution is 0.865. The molecule has 0 heterocycles. The number of hydrogen-bond acceptors (Lipinski definition) is 2. The molecule has 26 valence electrons. The second kappa shape index (κ2) is 3.21. The van der Waals surface area contributed by atoms with Gasteiger partial charge in [0.1, 0.15) is 0 Å². The van der Waals surface area contributed by atoms with Gasteiger partial charge in [0.15, 0.2) is 0 Å². The summed E-state index contributed by atoms with van der Waals surface area (Å²) < 4.78 is 0. The van der Waals surface area contributed by atoms with Crippen molar-refractivity contribution < 1.29 is 0 Å². The van der Waals surface area contributed by atoms with Crippen molar-refractivity contribution in [1.29, 1.82) is 0 Å². The summed E-state index contributed by atoms with van der Waals surface area (Å²) in [4.78, 5) is 0. The fraction of sp³-hybridized carbons (Fsp3) is 1.00. The van der Waals surface area contributed by atoms with E-state index in [-0.39, 0.29) is 0 Å². The Morgan fingerprint density at radius 2 is 2.25 bits per heavy atom. The molecule has 0 saturated heterocycles. The molecule has 3 heteroatoms. The third-order valence-electron chi connectivity index (χ3n) is 0.0772. The van der Waals surface area contributed by atoms with Gasteiger partial charge in [0.25, 0.3) is 0 Å². The number of hydrazine groups is 1. The zero-order chi connectivity index (χ0) is 3.41. The zero-order valence-electron chi connectivity index (χ0n) is 2.16. The van der Waals surface area contributed by atoms with Gasteiger partial charge < -0.3 is 0 Å². The molecule has 0 radical (unpaired) electrons. The molecule has 0 aliphatic heterocycles. The Morgan fingerprint density at radius 3 is 2.25 bits per heavy atom. The van der Waals surface area contributed by atoms with Gasteiger partial charge in [-0.25, -0.2) is 5.43 Å². The summed E-state index contributed by atoms with van der Waals surface area (Å²) >= 11 is 4.95. The summed E-state index contributed by atoms with van der Waals surface area (Å²) in [5.41, 5.74) is 2.20. The number of alkyl halides is 1. The van der Waals surface area contributed by atoms with E-state index in [1.165, 1.54) is 0 Å². The standard InChI is InChI=1S/CH5ClN2/c2-1-4-3/h4H,1,3H2. The van der Waals surface area contributed by atoms with E-state index in [0.29, 0.717) is 6.00 Å². The summed E-state index contributed by atoms with van der Waals surface area (Å²) in [7, 11) is 0. The molecule has 0 fully saturated rings. The monoisotopic (exact) mass is 80.0 g/mol. The van der Waals surface area contributed by atoms with Crippen LogP contribution in [0, 0.1) is 0 Å². The number of rotatable bonds is 1. The zero-order valence-corrected chi connectivity index (χ0v) is 2.92. The minimum atomic E-state index is 0.319. The van der Waals surface area contributed by atoms with E-state index in [9.17, 15) is 0 Å². The van der Waals surface area contributed by atoms with Crippen LogP contribution in [0.25, 0.3) is 0 Å². The first-order valence-corrected chi connectivity index (χ1v) is 1.44. The van der Waals surface area contributed by atoms with Gasteiger partial charge >= 0.3 is 0 Å². The van der Waals surface area contributed by atoms with Crippen molar-refractivity contribution in [2.45, 2.75) is 0 Å². The van der Waals surface area contributed by atoms with Crippen LogP contribution in [0.15, 0.2) is 0 Å². The predicted octanol–water partition coefficient (Wildman–Crippen LogP) is -0.354. The first kappa shape index (κ1) is 4.21. The normalized spacial score (nSPS) is 7.50. The van der Waals surface area contributed by atoms with E-state index in [4.69, 9.17) is 11.6 Å². The van der Waals surface area contributed by atoms with Gasteiger partial charge in [0, 0.05) is 0 Å². The van der Waals surface area contributed by atoms with Crippen LogP contribution in [0.3, 0.4) is 0 Å². The van der Waals surface area contributed by atoms with Crippen LogP contribution in [0.4, 0.5) is 0 Å². The van der Waals surface area contributed by atoms with Crippen molar-refractivity contribution in [1.82, 2.24) is 5.43 Å². The molecule has 0 spiro atoms. The maximum atomic E-state index is 4.95. The van der Waals surface area contributed by atoms with Crippen LogP contribution < -0.4 is 11.3 Å². The summed E-state index contributed by atoms with van der Waals surface area (Å²) in [6.45, 7) is 0. The first-order valence-electron chi connectivity index (χ1n) is 0.909. The molecule has 0 rings (SSSR count). The van der Waals surface area contributed by atoms with Crippen LogP contribution >= 0.6 is 11.6 Å². The van der Waals surface area contributed by atoms with E-state index in [0.717, 1.165) is 0 Å². The number of nitrogens with one attached hydrogen (secondary N) is 1. The van der Waals surface area contributed by atoms with Gasteiger partial charge in [-0.05, 0) is 0 Å². The van der Waals surface area contributed by atoms with Gasteiger partial charge in [-0.15, -0.1) is 11.6 Å². The molecule has 4 heavy (non-hydrogen) atoms. The third-order valence-corrected chi connectivity index (χ3v) is 0.231. The molecule has 0 aliphatic rings. The summed E-state index contributed by atoms with van der Waals surface area (Å²) in [6, 6.07) is 0.319. The van der Waals surface area contributed by atoms with Gasteiger partial charge in [0.2, 0.25) is 0 Å². The fourth-order valence-electron chi connectivity index (χ4n) is 0. The molecule has 2 nitrogen and oxygen atoms in total. The quantitative estimate of drug-likeness (QED) is 0.196. The Balaban J connectivity index is 1.97. The van der Waals surface area contributed by atoms with Crippen LogP contribution in [0.5, 0.6) is 0 Å². The number of hydrogen-bond donors (Lipinski definition) is 2. The molecule has 0 aliphatic carbocycles. The van der Waals surface area contributed by atoms with Crippen LogP contribution in [-0.2, 0) is 0 Å². The van der Waals surface area contributed by atoms with E-state index in [1.54, 1.807) is 0 Å². The molecule has 3 N–H and O–H groups in total. The van der Waals surface area contributed by atoms with Crippen molar-refractivity contribution in [2.24, 2.45) is 5.84 Å². The molecule has 0 aromatic carbocycles. The van der Waals surface area contributed by atoms with Crippen molar-refractivity contribution in [3.05, 3.63) is 0 Å². The number of halogens is 1. The van der Waals surface area contributed by atoms with Crippen molar-refractivity contribution in [3.63, 3.8) is 0 Å². The predicted molar refractivity (Wildman–Crippen MR) is 18.0 cm³/mol. The average Bonchev–Trinajstić information content (AvgIpc) is 1.37. The van der Waals surface area contributed by atoms with Crippen LogP contribution in [-0.4, -0.2) is 6.00 Å². The minimum Gasteiger partial charge on any atom is -0.270 e. The SMILES string of the molecule is NNCCl. The largest absolute Gasteiger partial charge is 0.270 e. The first-order chi connectivity index (χ1) is 1.91. The van der Waals surface area contributed by atoms with E-state index < -0.39 is 0 Å². The van der Waals surface area contributed by atoms with Crippen molar-refractivity contribution >= 4 is 11.6 Å². The van der Waals surface area contributed by atoms with Gasteiger partial charge in [-0.1, -0.05) is 0 Å². The highest BCUT2D eigenvalue weighted by molar-refractivity contribution is 6.17. The lowest BCUT2D eigenvalue weighted by atomic mass is 11.5. The van der Waals surface area contributed by atoms with Gasteiger partial charge in [0.05, 0.1) is 6.00 Å². The van der Waals surface area contributed by atoms with Gasteiger partial charge in [-0.3, -0.25) is 5.84 Å². The molecular weight excluding hydrogens is 75.5 g/mol. The molecule has 0 aromatic rings. The van der Waals surface area contributed by atoms with Crippen molar-refractivity contribution in [2.75, 3.05) is 6.00 Å². The molecular formula is CH5ClN2. The fourth-order valence-corrected chi connectivity index (χ4v) is 0. The van der Waals surface area contributed by atoms with E-state index in [1.807, 2.05) is 0 Å². The Morgan fingerprint density at radius 1 is 2.00 bits per heavy atom. The smallest absolute Gasteiger partial charge is 0.0841 e. The third kappa shape index (κ3) is 2.21. The molecule has 0 bridgehead atoms. The lowest BCUT2D eigenvalue weighted by Crippen LogP contribution is -2.18. The average molecular weight is 80.5 g/mol. The highest BCUT2D eigenvalue weighted by Crippen LogP contribution is 1.53. The highest BCUT2D eigenvalue weighted by atomic mass is 35.5. The van der Waals surface area contributed by atoms with Gasteiger partial charge in [-0.2, -0.15) is 0 Å². The Bertz CT molecular complexity index is 8.00. The van der Waals surface area contributed by atoms with E-state index in [2.05, 4.69) is 11.3 Å². The highest BCUT2D eigenvalue weighted by Gasteiger charge is 1.52. The van der Waals surface area contributed by atoms with Crippen LogP contribution in [0.1, 0.15) is 0 Å². The number of nitrogens with two attached hydrogens (primary N) is 1. The molecule has 0 saturated carbocycles. The Kier molecular flexibility index (Phi) is 3.38. The van der Waals surface area contributed by atoms with E-state index >= 15 is 0 Å². The Hall–Kier alpha value is 0.210. The molecule has 0 aromatic heterocycles. The Labute approximate surface area is 29.9 Å². The van der Waals surface area contributed by atoms with Crippen molar-refractivity contribution in [3.8, 4) is 0 Å². The topological polar surface area (TPSA) is 38.0 Å². The summed E-state index contributed by atoms with van der Waals surface area (Å²) in [6.07, 6.45) is 0. The lowest BCUT2D eigenvalue weighted by Gasteiger charge is -1.74.